The number of carbonyl (C=O) groups is 3. The summed E-state index contributed by atoms with van der Waals surface area (Å²) >= 11 is 12.0. The van der Waals surface area contributed by atoms with Crippen LogP contribution in [0, 0.1) is 17.6 Å². The van der Waals surface area contributed by atoms with E-state index in [4.69, 9.17) is 23.2 Å². The maximum absolute atomic E-state index is 14.4. The summed E-state index contributed by atoms with van der Waals surface area (Å²) in [7, 11) is 0. The van der Waals surface area contributed by atoms with Crippen molar-refractivity contribution in [3.63, 3.8) is 0 Å². The van der Waals surface area contributed by atoms with Crippen molar-refractivity contribution >= 4 is 40.9 Å². The molecule has 0 atom stereocenters. The van der Waals surface area contributed by atoms with Crippen LogP contribution in [0.2, 0.25) is 10.0 Å². The van der Waals surface area contributed by atoms with Crippen LogP contribution in [0.1, 0.15) is 63.7 Å². The first-order valence-electron chi connectivity index (χ1n) is 12.3. The fraction of sp³-hybridized carbons (Fsp3) is 0.333. The lowest BCUT2D eigenvalue weighted by molar-refractivity contribution is -0.147. The highest BCUT2D eigenvalue weighted by atomic mass is 35.5. The minimum Gasteiger partial charge on any atom is -0.481 e. The summed E-state index contributed by atoms with van der Waals surface area (Å²) in [4.78, 5) is 38.8. The van der Waals surface area contributed by atoms with E-state index in [1.807, 2.05) is 0 Å². The van der Waals surface area contributed by atoms with E-state index < -0.39 is 71.8 Å². The summed E-state index contributed by atoms with van der Waals surface area (Å²) in [6.45, 7) is -1.42. The predicted molar refractivity (Wildman–Crippen MR) is 138 cm³/mol. The molecule has 7 nitrogen and oxygen atoms in total. The number of nitrogens with zero attached hydrogens (tertiary/aromatic N) is 3. The van der Waals surface area contributed by atoms with E-state index in [1.165, 1.54) is 18.2 Å². The lowest BCUT2D eigenvalue weighted by Crippen LogP contribution is -2.37. The summed E-state index contributed by atoms with van der Waals surface area (Å²) < 4.78 is 71.5. The number of ketones is 1. The number of aliphatic carboxylic acids is 1. The Morgan fingerprint density at radius 2 is 1.61 bits per heavy atom. The normalized spacial score (nSPS) is 17.3. The van der Waals surface area contributed by atoms with Gasteiger partial charge in [-0.3, -0.25) is 19.1 Å². The van der Waals surface area contributed by atoms with Crippen molar-refractivity contribution in [3.05, 3.63) is 86.7 Å². The average Bonchev–Trinajstić information content (AvgIpc) is 3.35. The number of hydrogen-bond donors (Lipinski definition) is 1. The minimum absolute atomic E-state index is 0.0237. The number of rotatable bonds is 8. The molecule has 1 aliphatic carbocycles. The second-order valence-corrected chi connectivity index (χ2v) is 10.5. The molecular formula is C27H22Cl2F5N3O4. The highest BCUT2D eigenvalue weighted by Crippen LogP contribution is 2.39. The highest BCUT2D eigenvalue weighted by molar-refractivity contribution is 6.36. The number of benzene rings is 2. The van der Waals surface area contributed by atoms with Gasteiger partial charge in [0, 0.05) is 23.2 Å². The maximum Gasteiger partial charge on any atom is 0.433 e. The van der Waals surface area contributed by atoms with Gasteiger partial charge in [-0.15, -0.1) is 0 Å². The molecule has 3 aromatic rings. The molecule has 218 valence electrons. The molecule has 0 bridgehead atoms. The van der Waals surface area contributed by atoms with E-state index in [1.54, 1.807) is 0 Å². The second-order valence-electron chi connectivity index (χ2n) is 9.68. The average molecular weight is 618 g/mol. The van der Waals surface area contributed by atoms with Gasteiger partial charge in [0.2, 0.25) is 0 Å². The summed E-state index contributed by atoms with van der Waals surface area (Å²) in [5.41, 5.74) is -2.47. The van der Waals surface area contributed by atoms with Gasteiger partial charge in [0.1, 0.15) is 11.6 Å². The first-order valence-corrected chi connectivity index (χ1v) is 13.1. The molecule has 0 aliphatic heterocycles. The van der Waals surface area contributed by atoms with Gasteiger partial charge in [0.05, 0.1) is 35.3 Å². The van der Waals surface area contributed by atoms with Crippen LogP contribution in [0.15, 0.2) is 42.6 Å². The Bertz CT molecular complexity index is 1470. The molecule has 1 amide bonds. The van der Waals surface area contributed by atoms with Crippen LogP contribution in [0.5, 0.6) is 0 Å². The monoisotopic (exact) mass is 617 g/mol. The third-order valence-electron chi connectivity index (χ3n) is 6.83. The van der Waals surface area contributed by atoms with E-state index in [0.717, 1.165) is 18.3 Å². The molecule has 0 saturated heterocycles. The number of Topliss-reactive ketones (excluding diaryl/α,β-unsaturated/α-hetero) is 1. The van der Waals surface area contributed by atoms with Crippen LogP contribution in [0.4, 0.5) is 22.0 Å². The van der Waals surface area contributed by atoms with Gasteiger partial charge < -0.3 is 10.0 Å². The van der Waals surface area contributed by atoms with Crippen molar-refractivity contribution in [3.8, 4) is 0 Å². The van der Waals surface area contributed by atoms with E-state index in [0.29, 0.717) is 15.6 Å². The van der Waals surface area contributed by atoms with Crippen LogP contribution in [0.3, 0.4) is 0 Å². The minimum atomic E-state index is -5.05. The van der Waals surface area contributed by atoms with Crippen molar-refractivity contribution in [2.24, 2.45) is 5.92 Å². The van der Waals surface area contributed by atoms with Gasteiger partial charge >= 0.3 is 12.1 Å². The Morgan fingerprint density at radius 1 is 0.976 bits per heavy atom. The smallest absolute Gasteiger partial charge is 0.433 e. The SMILES string of the molecule is O=C(CN(Cc1cc(F)cc(F)c1)C(=O)c1cnn(C2CCC(C(=O)O)CC2)c1C(F)(F)F)c1cc(Cl)ccc1Cl. The first-order chi connectivity index (χ1) is 19.2. The van der Waals surface area contributed by atoms with Gasteiger partial charge in [-0.2, -0.15) is 18.3 Å². The summed E-state index contributed by atoms with van der Waals surface area (Å²) in [5.74, 6) is -5.75. The van der Waals surface area contributed by atoms with Gasteiger partial charge in [0.15, 0.2) is 11.5 Å². The molecule has 41 heavy (non-hydrogen) atoms. The van der Waals surface area contributed by atoms with Crippen LogP contribution in [0.25, 0.3) is 0 Å². The lowest BCUT2D eigenvalue weighted by atomic mass is 9.86. The fourth-order valence-electron chi connectivity index (χ4n) is 4.91. The molecule has 14 heteroatoms. The molecule has 4 rings (SSSR count). The highest BCUT2D eigenvalue weighted by Gasteiger charge is 2.43. The molecule has 0 radical (unpaired) electrons. The number of amides is 1. The molecule has 1 saturated carbocycles. The van der Waals surface area contributed by atoms with Gasteiger partial charge in [-0.1, -0.05) is 23.2 Å². The predicted octanol–water partition coefficient (Wildman–Crippen LogP) is 6.83. The Morgan fingerprint density at radius 3 is 2.20 bits per heavy atom. The number of hydrogen-bond acceptors (Lipinski definition) is 4. The van der Waals surface area contributed by atoms with Crippen molar-refractivity contribution in [1.29, 1.82) is 0 Å². The number of aromatic nitrogens is 2. The summed E-state index contributed by atoms with van der Waals surface area (Å²) in [6, 6.07) is 5.50. The number of carboxylic acid groups (broad SMARTS) is 1. The number of carboxylic acids is 1. The number of alkyl halides is 3. The van der Waals surface area contributed by atoms with Crippen LogP contribution < -0.4 is 0 Å². The zero-order valence-corrected chi connectivity index (χ0v) is 22.6. The lowest BCUT2D eigenvalue weighted by Gasteiger charge is -2.28. The maximum atomic E-state index is 14.4. The Hall–Kier alpha value is -3.51. The standard InChI is InChI=1S/C27H22Cl2F5N3O4/c28-16-3-6-22(29)20(9-16)23(38)13-36(12-14-7-17(30)10-18(31)8-14)25(39)21-11-35-37(24(21)27(32,33)34)19-4-1-15(2-5-19)26(40)41/h3,6-11,15,19H,1-2,4-5,12-13H2,(H,40,41). The Labute approximate surface area is 240 Å². The zero-order valence-electron chi connectivity index (χ0n) is 21.1. The topological polar surface area (TPSA) is 92.5 Å². The molecule has 1 N–H and O–H groups in total. The van der Waals surface area contributed by atoms with Crippen LogP contribution in [-0.4, -0.2) is 44.0 Å². The van der Waals surface area contributed by atoms with Crippen LogP contribution in [-0.2, 0) is 17.5 Å². The molecule has 1 aliphatic rings. The number of halogens is 7. The Balaban J connectivity index is 1.72. The summed E-state index contributed by atoms with van der Waals surface area (Å²) in [5, 5.41) is 13.2. The van der Waals surface area contributed by atoms with Gasteiger partial charge in [-0.05, 0) is 61.6 Å². The largest absolute Gasteiger partial charge is 0.481 e. The third kappa shape index (κ3) is 7.05. The molecule has 1 fully saturated rings. The van der Waals surface area contributed by atoms with Gasteiger partial charge in [0.25, 0.3) is 5.91 Å². The number of carbonyl (C=O) groups excluding carboxylic acids is 2. The quantitative estimate of drug-likeness (QED) is 0.221. The van der Waals surface area contributed by atoms with E-state index in [9.17, 15) is 41.4 Å². The first kappa shape index (κ1) is 30.4. The molecule has 1 aromatic heterocycles. The van der Waals surface area contributed by atoms with Crippen molar-refractivity contribution in [1.82, 2.24) is 14.7 Å². The zero-order chi connectivity index (χ0) is 30.1. The molecular weight excluding hydrogens is 596 g/mol. The van der Waals surface area contributed by atoms with Crippen molar-refractivity contribution in [2.75, 3.05) is 6.54 Å². The fourth-order valence-corrected chi connectivity index (χ4v) is 5.30. The van der Waals surface area contributed by atoms with Crippen molar-refractivity contribution < 1.29 is 41.4 Å². The van der Waals surface area contributed by atoms with E-state index in [-0.39, 0.29) is 46.9 Å². The van der Waals surface area contributed by atoms with Crippen LogP contribution >= 0.6 is 23.2 Å². The Kier molecular flexibility index (Phi) is 9.03. The molecule has 0 unspecified atom stereocenters. The summed E-state index contributed by atoms with van der Waals surface area (Å²) in [6.07, 6.45) is -3.88. The van der Waals surface area contributed by atoms with Crippen molar-refractivity contribution in [2.45, 2.75) is 44.4 Å². The molecule has 2 aromatic carbocycles. The van der Waals surface area contributed by atoms with E-state index in [2.05, 4.69) is 5.10 Å². The molecule has 1 heterocycles. The van der Waals surface area contributed by atoms with E-state index >= 15 is 0 Å². The molecule has 0 spiro atoms. The second kappa shape index (κ2) is 12.2. The van der Waals surface area contributed by atoms with Gasteiger partial charge in [-0.25, -0.2) is 8.78 Å². The third-order valence-corrected chi connectivity index (χ3v) is 7.40.